The van der Waals surface area contributed by atoms with Gasteiger partial charge in [0.05, 0.1) is 10.6 Å². The van der Waals surface area contributed by atoms with Crippen LogP contribution in [0, 0.1) is 19.3 Å². The molecule has 0 spiro atoms. The standard InChI is InChI=1S/C12H9NS/c1-3-11-9(2)13-12(14-11)10-7-5-4-6-8-10/h1,4-8H,2H3. The normalized spacial score (nSPS) is 9.71. The maximum absolute atomic E-state index is 5.36. The average molecular weight is 199 g/mol. The molecule has 68 valence electrons. The zero-order valence-electron chi connectivity index (χ0n) is 7.82. The largest absolute Gasteiger partial charge is 0.240 e. The Bertz CT molecular complexity index is 477. The minimum atomic E-state index is 0.920. The van der Waals surface area contributed by atoms with Crippen LogP contribution in [0.2, 0.25) is 0 Å². The maximum atomic E-state index is 5.36. The second-order valence-electron chi connectivity index (χ2n) is 2.94. The van der Waals surface area contributed by atoms with Crippen LogP contribution >= 0.6 is 11.3 Å². The lowest BCUT2D eigenvalue weighted by Gasteiger charge is -1.92. The van der Waals surface area contributed by atoms with Crippen molar-refractivity contribution in [2.24, 2.45) is 0 Å². The number of hydrogen-bond donors (Lipinski definition) is 0. The molecule has 2 rings (SSSR count). The number of aryl methyl sites for hydroxylation is 1. The van der Waals surface area contributed by atoms with E-state index in [4.69, 9.17) is 6.42 Å². The molecule has 1 aromatic carbocycles. The van der Waals surface area contributed by atoms with Gasteiger partial charge in [-0.1, -0.05) is 36.3 Å². The molecule has 0 aliphatic rings. The molecule has 2 heteroatoms. The van der Waals surface area contributed by atoms with E-state index in [1.807, 2.05) is 37.3 Å². The Balaban J connectivity index is 2.50. The van der Waals surface area contributed by atoms with Gasteiger partial charge in [0.2, 0.25) is 0 Å². The monoisotopic (exact) mass is 199 g/mol. The van der Waals surface area contributed by atoms with E-state index in [0.29, 0.717) is 0 Å². The average Bonchev–Trinajstić information content (AvgIpc) is 2.61. The Hall–Kier alpha value is -1.59. The van der Waals surface area contributed by atoms with E-state index in [9.17, 15) is 0 Å². The molecular formula is C12H9NS. The Morgan fingerprint density at radius 3 is 2.57 bits per heavy atom. The van der Waals surface area contributed by atoms with E-state index in [2.05, 4.69) is 10.9 Å². The van der Waals surface area contributed by atoms with Gasteiger partial charge in [-0.2, -0.15) is 0 Å². The summed E-state index contributed by atoms with van der Waals surface area (Å²) in [5.74, 6) is 2.64. The van der Waals surface area contributed by atoms with Gasteiger partial charge < -0.3 is 0 Å². The zero-order valence-corrected chi connectivity index (χ0v) is 8.64. The van der Waals surface area contributed by atoms with Gasteiger partial charge in [-0.3, -0.25) is 0 Å². The van der Waals surface area contributed by atoms with Crippen LogP contribution in [0.15, 0.2) is 30.3 Å². The number of aromatic nitrogens is 1. The smallest absolute Gasteiger partial charge is 0.124 e. The first kappa shape index (κ1) is 8.98. The molecular weight excluding hydrogens is 190 g/mol. The Labute approximate surface area is 87.4 Å². The van der Waals surface area contributed by atoms with Crippen LogP contribution in [0.3, 0.4) is 0 Å². The Morgan fingerprint density at radius 2 is 2.00 bits per heavy atom. The van der Waals surface area contributed by atoms with E-state index in [0.717, 1.165) is 21.1 Å². The number of nitrogens with zero attached hydrogens (tertiary/aromatic N) is 1. The molecule has 0 bridgehead atoms. The van der Waals surface area contributed by atoms with Crippen molar-refractivity contribution in [2.45, 2.75) is 6.92 Å². The molecule has 0 unspecified atom stereocenters. The second kappa shape index (κ2) is 3.65. The topological polar surface area (TPSA) is 12.9 Å². The number of benzene rings is 1. The molecule has 0 N–H and O–H groups in total. The first-order valence-electron chi connectivity index (χ1n) is 4.30. The number of hydrogen-bond acceptors (Lipinski definition) is 2. The van der Waals surface area contributed by atoms with E-state index < -0.39 is 0 Å². The molecule has 2 aromatic rings. The lowest BCUT2D eigenvalue weighted by molar-refractivity contribution is 1.26. The molecule has 0 radical (unpaired) electrons. The van der Waals surface area contributed by atoms with Crippen molar-refractivity contribution >= 4 is 11.3 Å². The van der Waals surface area contributed by atoms with Crippen molar-refractivity contribution < 1.29 is 0 Å². The van der Waals surface area contributed by atoms with E-state index >= 15 is 0 Å². The fraction of sp³-hybridized carbons (Fsp3) is 0.0833. The predicted molar refractivity (Wildman–Crippen MR) is 60.2 cm³/mol. The molecule has 0 saturated carbocycles. The first-order valence-corrected chi connectivity index (χ1v) is 5.12. The molecule has 14 heavy (non-hydrogen) atoms. The molecule has 0 atom stereocenters. The highest BCUT2D eigenvalue weighted by Crippen LogP contribution is 2.26. The van der Waals surface area contributed by atoms with Gasteiger partial charge in [-0.05, 0) is 6.92 Å². The van der Waals surface area contributed by atoms with Gasteiger partial charge in [0.25, 0.3) is 0 Å². The summed E-state index contributed by atoms with van der Waals surface area (Å²) < 4.78 is 0. The lowest BCUT2D eigenvalue weighted by atomic mass is 10.2. The Kier molecular flexibility index (Phi) is 2.34. The van der Waals surface area contributed by atoms with Gasteiger partial charge >= 0.3 is 0 Å². The summed E-state index contributed by atoms with van der Waals surface area (Å²) in [5.41, 5.74) is 2.07. The Morgan fingerprint density at radius 1 is 1.29 bits per heavy atom. The summed E-state index contributed by atoms with van der Waals surface area (Å²) in [6.45, 7) is 1.94. The zero-order chi connectivity index (χ0) is 9.97. The van der Waals surface area contributed by atoms with Crippen LogP contribution in [0.1, 0.15) is 10.6 Å². The minimum Gasteiger partial charge on any atom is -0.240 e. The molecule has 0 amide bonds. The van der Waals surface area contributed by atoms with Crippen molar-refractivity contribution in [1.82, 2.24) is 4.98 Å². The fourth-order valence-electron chi connectivity index (χ4n) is 1.23. The van der Waals surface area contributed by atoms with Gasteiger partial charge in [0, 0.05) is 5.56 Å². The summed E-state index contributed by atoms with van der Waals surface area (Å²) in [5, 5.41) is 0.996. The van der Waals surface area contributed by atoms with Crippen molar-refractivity contribution in [3.05, 3.63) is 40.9 Å². The van der Waals surface area contributed by atoms with E-state index in [-0.39, 0.29) is 0 Å². The van der Waals surface area contributed by atoms with Gasteiger partial charge in [-0.15, -0.1) is 17.8 Å². The third kappa shape index (κ3) is 1.55. The molecule has 1 aromatic heterocycles. The molecule has 0 aliphatic carbocycles. The summed E-state index contributed by atoms with van der Waals surface area (Å²) in [4.78, 5) is 5.35. The van der Waals surface area contributed by atoms with Crippen molar-refractivity contribution in [3.8, 4) is 22.9 Å². The minimum absolute atomic E-state index is 0.920. The van der Waals surface area contributed by atoms with Gasteiger partial charge in [0.1, 0.15) is 5.01 Å². The number of terminal acetylenes is 1. The van der Waals surface area contributed by atoms with Crippen molar-refractivity contribution in [2.75, 3.05) is 0 Å². The summed E-state index contributed by atoms with van der Waals surface area (Å²) in [7, 11) is 0. The summed E-state index contributed by atoms with van der Waals surface area (Å²) in [6.07, 6.45) is 5.36. The quantitative estimate of drug-likeness (QED) is 0.643. The number of thiazole rings is 1. The van der Waals surface area contributed by atoms with Crippen molar-refractivity contribution in [3.63, 3.8) is 0 Å². The highest BCUT2D eigenvalue weighted by atomic mass is 32.1. The van der Waals surface area contributed by atoms with Crippen LogP contribution in [-0.4, -0.2) is 4.98 Å². The van der Waals surface area contributed by atoms with Crippen LogP contribution in [0.25, 0.3) is 10.6 Å². The first-order chi connectivity index (χ1) is 6.81. The van der Waals surface area contributed by atoms with E-state index in [1.165, 1.54) is 0 Å². The highest BCUT2D eigenvalue weighted by Gasteiger charge is 2.06. The number of rotatable bonds is 1. The third-order valence-electron chi connectivity index (χ3n) is 1.95. The second-order valence-corrected chi connectivity index (χ2v) is 3.94. The van der Waals surface area contributed by atoms with Crippen molar-refractivity contribution in [1.29, 1.82) is 0 Å². The van der Waals surface area contributed by atoms with Gasteiger partial charge in [-0.25, -0.2) is 4.98 Å². The summed E-state index contributed by atoms with van der Waals surface area (Å²) in [6, 6.07) is 10.1. The van der Waals surface area contributed by atoms with E-state index in [1.54, 1.807) is 11.3 Å². The van der Waals surface area contributed by atoms with Crippen LogP contribution in [0.5, 0.6) is 0 Å². The molecule has 0 fully saturated rings. The molecule has 1 nitrogen and oxygen atoms in total. The lowest BCUT2D eigenvalue weighted by Crippen LogP contribution is -1.76. The fourth-order valence-corrected chi connectivity index (χ4v) is 2.12. The van der Waals surface area contributed by atoms with Crippen LogP contribution in [-0.2, 0) is 0 Å². The highest BCUT2D eigenvalue weighted by molar-refractivity contribution is 7.15. The van der Waals surface area contributed by atoms with Crippen LogP contribution < -0.4 is 0 Å². The third-order valence-corrected chi connectivity index (χ3v) is 3.09. The molecule has 1 heterocycles. The SMILES string of the molecule is C#Cc1sc(-c2ccccc2)nc1C. The van der Waals surface area contributed by atoms with Gasteiger partial charge in [0.15, 0.2) is 0 Å². The maximum Gasteiger partial charge on any atom is 0.124 e. The summed E-state index contributed by atoms with van der Waals surface area (Å²) >= 11 is 1.57. The molecule has 0 saturated heterocycles. The molecule has 0 aliphatic heterocycles. The van der Waals surface area contributed by atoms with Crippen LogP contribution in [0.4, 0.5) is 0 Å². The predicted octanol–water partition coefficient (Wildman–Crippen LogP) is 3.10.